The van der Waals surface area contributed by atoms with Gasteiger partial charge in [-0.2, -0.15) is 0 Å². The summed E-state index contributed by atoms with van der Waals surface area (Å²) in [5.74, 6) is 2.39. The van der Waals surface area contributed by atoms with Crippen LogP contribution in [0.25, 0.3) is 0 Å². The van der Waals surface area contributed by atoms with Crippen molar-refractivity contribution in [3.63, 3.8) is 0 Å². The molecular formula is C13H19ClO4. The van der Waals surface area contributed by atoms with Crippen LogP contribution in [0.1, 0.15) is 5.56 Å². The lowest BCUT2D eigenvalue weighted by molar-refractivity contribution is 0.109. The van der Waals surface area contributed by atoms with Crippen molar-refractivity contribution in [2.45, 2.75) is 6.92 Å². The Balaban J connectivity index is 2.67. The highest BCUT2D eigenvalue weighted by molar-refractivity contribution is 6.17. The van der Waals surface area contributed by atoms with Crippen molar-refractivity contribution >= 4 is 11.6 Å². The van der Waals surface area contributed by atoms with Gasteiger partial charge in [0, 0.05) is 5.88 Å². The van der Waals surface area contributed by atoms with Gasteiger partial charge in [0.05, 0.1) is 27.4 Å². The summed E-state index contributed by atoms with van der Waals surface area (Å²) in [6.07, 6.45) is 0. The van der Waals surface area contributed by atoms with Gasteiger partial charge in [-0.15, -0.1) is 11.6 Å². The molecule has 0 aliphatic carbocycles. The lowest BCUT2D eigenvalue weighted by Gasteiger charge is -2.15. The van der Waals surface area contributed by atoms with Crippen molar-refractivity contribution in [3.05, 3.63) is 17.7 Å². The second kappa shape index (κ2) is 8.06. The molecule has 0 spiro atoms. The lowest BCUT2D eigenvalue weighted by Crippen LogP contribution is -2.09. The molecule has 0 unspecified atom stereocenters. The predicted octanol–water partition coefficient (Wildman–Crippen LogP) is 2.65. The van der Waals surface area contributed by atoms with Crippen LogP contribution in [0.2, 0.25) is 0 Å². The minimum atomic E-state index is 0.423. The van der Waals surface area contributed by atoms with Crippen LogP contribution in [0, 0.1) is 6.92 Å². The third-order valence-electron chi connectivity index (χ3n) is 2.30. The average molecular weight is 275 g/mol. The summed E-state index contributed by atoms with van der Waals surface area (Å²) in [7, 11) is 3.20. The molecule has 0 saturated carbocycles. The topological polar surface area (TPSA) is 36.9 Å². The van der Waals surface area contributed by atoms with Crippen molar-refractivity contribution in [1.29, 1.82) is 0 Å². The van der Waals surface area contributed by atoms with Crippen LogP contribution < -0.4 is 14.2 Å². The van der Waals surface area contributed by atoms with E-state index in [0.717, 1.165) is 5.56 Å². The molecule has 0 atom stereocenters. The molecule has 0 fully saturated rings. The average Bonchev–Trinajstić information content (AvgIpc) is 2.39. The zero-order chi connectivity index (χ0) is 13.4. The highest BCUT2D eigenvalue weighted by Crippen LogP contribution is 2.38. The van der Waals surface area contributed by atoms with E-state index in [1.165, 1.54) is 0 Å². The number of benzene rings is 1. The van der Waals surface area contributed by atoms with E-state index in [2.05, 4.69) is 0 Å². The number of rotatable bonds is 8. The summed E-state index contributed by atoms with van der Waals surface area (Å²) >= 11 is 5.50. The molecule has 18 heavy (non-hydrogen) atoms. The van der Waals surface area contributed by atoms with E-state index in [0.29, 0.717) is 42.9 Å². The van der Waals surface area contributed by atoms with Crippen molar-refractivity contribution in [3.8, 4) is 17.2 Å². The summed E-state index contributed by atoms with van der Waals surface area (Å²) in [5, 5.41) is 0. The lowest BCUT2D eigenvalue weighted by atomic mass is 10.2. The Bertz CT molecular complexity index is 343. The Morgan fingerprint density at radius 1 is 1.00 bits per heavy atom. The van der Waals surface area contributed by atoms with E-state index < -0.39 is 0 Å². The summed E-state index contributed by atoms with van der Waals surface area (Å²) < 4.78 is 21.4. The SMILES string of the molecule is COc1cc(C)cc(OC)c1OCCOCCCl. The van der Waals surface area contributed by atoms with Gasteiger partial charge in [0.25, 0.3) is 0 Å². The van der Waals surface area contributed by atoms with Crippen molar-refractivity contribution in [2.75, 3.05) is 39.9 Å². The molecule has 0 aliphatic rings. The molecular weight excluding hydrogens is 256 g/mol. The molecule has 0 radical (unpaired) electrons. The van der Waals surface area contributed by atoms with Crippen LogP contribution in [0.3, 0.4) is 0 Å². The first kappa shape index (κ1) is 14.9. The number of halogens is 1. The Kier molecular flexibility index (Phi) is 6.68. The van der Waals surface area contributed by atoms with Crippen molar-refractivity contribution in [2.24, 2.45) is 0 Å². The summed E-state index contributed by atoms with van der Waals surface area (Å²) in [6.45, 7) is 3.39. The predicted molar refractivity (Wildman–Crippen MR) is 71.3 cm³/mol. The molecule has 4 nitrogen and oxygen atoms in total. The molecule has 0 aliphatic heterocycles. The summed E-state index contributed by atoms with van der Waals surface area (Å²) in [5.41, 5.74) is 1.05. The zero-order valence-corrected chi connectivity index (χ0v) is 11.8. The Morgan fingerprint density at radius 3 is 2.11 bits per heavy atom. The number of ether oxygens (including phenoxy) is 4. The van der Waals surface area contributed by atoms with Crippen LogP contribution >= 0.6 is 11.6 Å². The maximum absolute atomic E-state index is 5.63. The first-order valence-electron chi connectivity index (χ1n) is 5.72. The van der Waals surface area contributed by atoms with Crippen LogP contribution in [0.15, 0.2) is 12.1 Å². The van der Waals surface area contributed by atoms with E-state index in [1.807, 2.05) is 19.1 Å². The third kappa shape index (κ3) is 4.27. The Hall–Kier alpha value is -1.13. The van der Waals surface area contributed by atoms with E-state index in [4.69, 9.17) is 30.5 Å². The number of methoxy groups -OCH3 is 2. The van der Waals surface area contributed by atoms with E-state index in [-0.39, 0.29) is 0 Å². The molecule has 0 saturated heterocycles. The fourth-order valence-corrected chi connectivity index (χ4v) is 1.62. The quantitative estimate of drug-likeness (QED) is 0.539. The normalized spacial score (nSPS) is 10.2. The fourth-order valence-electron chi connectivity index (χ4n) is 1.51. The van der Waals surface area contributed by atoms with E-state index >= 15 is 0 Å². The summed E-state index contributed by atoms with van der Waals surface area (Å²) in [6, 6.07) is 3.80. The minimum absolute atomic E-state index is 0.423. The number of aryl methyl sites for hydroxylation is 1. The standard InChI is InChI=1S/C13H19ClO4/c1-10-8-11(15-2)13(12(9-10)16-3)18-7-6-17-5-4-14/h8-9H,4-7H2,1-3H3. The Labute approximate surface area is 113 Å². The Morgan fingerprint density at radius 2 is 1.61 bits per heavy atom. The molecule has 0 amide bonds. The van der Waals surface area contributed by atoms with Crippen molar-refractivity contribution in [1.82, 2.24) is 0 Å². The largest absolute Gasteiger partial charge is 0.493 e. The molecule has 1 rings (SSSR count). The first-order valence-corrected chi connectivity index (χ1v) is 6.25. The second-order valence-corrected chi connectivity index (χ2v) is 4.03. The maximum atomic E-state index is 5.63. The fraction of sp³-hybridized carbons (Fsp3) is 0.538. The third-order valence-corrected chi connectivity index (χ3v) is 2.45. The molecule has 1 aromatic carbocycles. The smallest absolute Gasteiger partial charge is 0.203 e. The molecule has 1 aromatic rings. The monoisotopic (exact) mass is 274 g/mol. The van der Waals surface area contributed by atoms with E-state index in [1.54, 1.807) is 14.2 Å². The number of hydrogen-bond donors (Lipinski definition) is 0. The maximum Gasteiger partial charge on any atom is 0.203 e. The second-order valence-electron chi connectivity index (χ2n) is 3.65. The highest BCUT2D eigenvalue weighted by Gasteiger charge is 2.12. The highest BCUT2D eigenvalue weighted by atomic mass is 35.5. The van der Waals surface area contributed by atoms with Crippen LogP contribution in [0.4, 0.5) is 0 Å². The molecule has 0 bridgehead atoms. The molecule has 0 N–H and O–H groups in total. The zero-order valence-electron chi connectivity index (χ0n) is 11.0. The van der Waals surface area contributed by atoms with Crippen LogP contribution in [0.5, 0.6) is 17.2 Å². The molecule has 0 heterocycles. The minimum Gasteiger partial charge on any atom is -0.493 e. The van der Waals surface area contributed by atoms with Crippen LogP contribution in [-0.4, -0.2) is 39.9 Å². The van der Waals surface area contributed by atoms with Crippen molar-refractivity contribution < 1.29 is 18.9 Å². The van der Waals surface area contributed by atoms with Gasteiger partial charge in [-0.1, -0.05) is 0 Å². The van der Waals surface area contributed by atoms with Gasteiger partial charge < -0.3 is 18.9 Å². The van der Waals surface area contributed by atoms with Gasteiger partial charge in [-0.25, -0.2) is 0 Å². The first-order chi connectivity index (χ1) is 8.72. The molecule has 0 aromatic heterocycles. The van der Waals surface area contributed by atoms with Gasteiger partial charge in [0.15, 0.2) is 11.5 Å². The van der Waals surface area contributed by atoms with E-state index in [9.17, 15) is 0 Å². The molecule has 102 valence electrons. The van der Waals surface area contributed by atoms with Gasteiger partial charge in [-0.3, -0.25) is 0 Å². The number of hydrogen-bond acceptors (Lipinski definition) is 4. The van der Waals surface area contributed by atoms with Crippen LogP contribution in [-0.2, 0) is 4.74 Å². The van der Waals surface area contributed by atoms with Gasteiger partial charge in [0.1, 0.15) is 6.61 Å². The van der Waals surface area contributed by atoms with Gasteiger partial charge in [-0.05, 0) is 24.6 Å². The molecule has 5 heteroatoms. The van der Waals surface area contributed by atoms with Gasteiger partial charge >= 0.3 is 0 Å². The number of alkyl halides is 1. The summed E-state index contributed by atoms with van der Waals surface area (Å²) in [4.78, 5) is 0. The van der Waals surface area contributed by atoms with Gasteiger partial charge in [0.2, 0.25) is 5.75 Å².